The third-order valence-electron chi connectivity index (χ3n) is 6.18. The molecule has 1 heterocycles. The minimum atomic E-state index is -0.366. The van der Waals surface area contributed by atoms with Crippen LogP contribution in [0, 0.1) is 6.92 Å². The molecule has 2 unspecified atom stereocenters. The zero-order chi connectivity index (χ0) is 24.8. The zero-order valence-corrected chi connectivity index (χ0v) is 22.2. The van der Waals surface area contributed by atoms with Crippen LogP contribution in [0.5, 0.6) is 0 Å². The number of likely N-dealkylation sites (N-methyl/N-ethyl adjacent to an activating group) is 2. The van der Waals surface area contributed by atoms with Crippen molar-refractivity contribution in [3.63, 3.8) is 0 Å². The number of nitrogen functional groups attached to an aromatic ring is 1. The number of nitrogens with zero attached hydrogens (tertiary/aromatic N) is 5. The Labute approximate surface area is 202 Å². The summed E-state index contributed by atoms with van der Waals surface area (Å²) in [5.41, 5.74) is 9.16. The van der Waals surface area contributed by atoms with Crippen LogP contribution in [0.3, 0.4) is 0 Å². The van der Waals surface area contributed by atoms with Crippen LogP contribution in [0.25, 0.3) is 0 Å². The number of nitrogens with two attached hydrogens (primary N) is 1. The molecule has 1 aliphatic heterocycles. The van der Waals surface area contributed by atoms with E-state index in [1.807, 2.05) is 6.07 Å². The number of β-amino-alcohol motifs (C(OH)–C–C–N with tert-alkyl or cyclic N) is 2. The van der Waals surface area contributed by atoms with Gasteiger partial charge in [-0.1, -0.05) is 0 Å². The van der Waals surface area contributed by atoms with Crippen LogP contribution in [0.4, 0.5) is 11.4 Å². The van der Waals surface area contributed by atoms with Gasteiger partial charge in [-0.05, 0) is 30.7 Å². The maximum Gasteiger partial charge on any atom is 0.115 e. The first kappa shape index (κ1) is 27.8. The topological polar surface area (TPSA) is 76.2 Å². The molecule has 190 valence electrons. The fraction of sp³-hybridized carbons (Fsp3) is 0.760. The van der Waals surface area contributed by atoms with Gasteiger partial charge in [0.15, 0.2) is 0 Å². The summed E-state index contributed by atoms with van der Waals surface area (Å²) in [6.45, 7) is 10.2. The highest BCUT2D eigenvalue weighted by molar-refractivity contribution is 5.58. The van der Waals surface area contributed by atoms with Gasteiger partial charge in [0, 0.05) is 63.7 Å². The molecule has 0 spiro atoms. The van der Waals surface area contributed by atoms with Crippen molar-refractivity contribution in [3.8, 4) is 0 Å². The molecule has 0 amide bonds. The fourth-order valence-corrected chi connectivity index (χ4v) is 4.60. The Morgan fingerprint density at radius 2 is 1.21 bits per heavy atom. The lowest BCUT2D eigenvalue weighted by Gasteiger charge is -2.32. The third-order valence-corrected chi connectivity index (χ3v) is 6.18. The number of rotatable bonds is 9. The molecule has 2 atom stereocenters. The summed E-state index contributed by atoms with van der Waals surface area (Å²) in [7, 11) is 12.7. The summed E-state index contributed by atoms with van der Waals surface area (Å²) in [5, 5.41) is 21.4. The first-order chi connectivity index (χ1) is 15.2. The standard InChI is InChI=1S/C25H50N6O2/c1-21-16-22(8-9-25(21)26)29-14-12-27(17-23(32)19-30(2,3)4)10-11-28(13-15-29)18-24(33)20-31(5,6)7/h8-9,16,23-24,32-33H,10-15,17-20,26H2,1-7H3/q+2. The van der Waals surface area contributed by atoms with Crippen molar-refractivity contribution < 1.29 is 19.2 Å². The second-order valence-electron chi connectivity index (χ2n) is 11.9. The Bertz CT molecular complexity index is 695. The number of benzene rings is 1. The summed E-state index contributed by atoms with van der Waals surface area (Å²) in [6.07, 6.45) is -0.731. The summed E-state index contributed by atoms with van der Waals surface area (Å²) in [5.74, 6) is 0. The first-order valence-electron chi connectivity index (χ1n) is 12.2. The van der Waals surface area contributed by atoms with Crippen LogP contribution in [0.1, 0.15) is 5.56 Å². The highest BCUT2D eigenvalue weighted by atomic mass is 16.3. The van der Waals surface area contributed by atoms with Gasteiger partial charge in [-0.2, -0.15) is 0 Å². The Hall–Kier alpha value is -1.42. The van der Waals surface area contributed by atoms with E-state index in [0.717, 1.165) is 72.6 Å². The van der Waals surface area contributed by atoms with Crippen molar-refractivity contribution in [3.05, 3.63) is 23.8 Å². The van der Waals surface area contributed by atoms with Crippen molar-refractivity contribution in [2.24, 2.45) is 0 Å². The molecule has 1 aliphatic rings. The monoisotopic (exact) mass is 466 g/mol. The summed E-state index contributed by atoms with van der Waals surface area (Å²) in [4.78, 5) is 7.17. The number of aryl methyl sites for hydroxylation is 1. The molecule has 1 fully saturated rings. The first-order valence-corrected chi connectivity index (χ1v) is 12.2. The number of aliphatic hydroxyl groups is 2. The van der Waals surface area contributed by atoms with Gasteiger partial charge < -0.3 is 29.8 Å². The van der Waals surface area contributed by atoms with E-state index in [-0.39, 0.29) is 12.2 Å². The van der Waals surface area contributed by atoms with E-state index in [0.29, 0.717) is 13.1 Å². The van der Waals surface area contributed by atoms with Gasteiger partial charge in [-0.15, -0.1) is 0 Å². The zero-order valence-electron chi connectivity index (χ0n) is 22.2. The van der Waals surface area contributed by atoms with E-state index in [9.17, 15) is 10.2 Å². The molecular weight excluding hydrogens is 416 g/mol. The summed E-state index contributed by atoms with van der Waals surface area (Å²) in [6, 6.07) is 6.26. The van der Waals surface area contributed by atoms with Gasteiger partial charge in [0.05, 0.1) is 42.3 Å². The molecule has 33 heavy (non-hydrogen) atoms. The quantitative estimate of drug-likeness (QED) is 0.355. The van der Waals surface area contributed by atoms with Crippen molar-refractivity contribution in [1.82, 2.24) is 9.80 Å². The molecule has 1 aromatic rings. The van der Waals surface area contributed by atoms with E-state index in [2.05, 4.69) is 76.0 Å². The molecule has 1 saturated heterocycles. The van der Waals surface area contributed by atoms with Gasteiger partial charge >= 0.3 is 0 Å². The molecular formula is C25H50N6O2+2. The molecule has 8 heteroatoms. The average molecular weight is 467 g/mol. The van der Waals surface area contributed by atoms with Crippen LogP contribution >= 0.6 is 0 Å². The molecule has 2 rings (SSSR count). The van der Waals surface area contributed by atoms with Crippen LogP contribution in [0.15, 0.2) is 18.2 Å². The lowest BCUT2D eigenvalue weighted by Crippen LogP contribution is -2.49. The van der Waals surface area contributed by atoms with Gasteiger partial charge in [-0.3, -0.25) is 9.80 Å². The Morgan fingerprint density at radius 1 is 0.788 bits per heavy atom. The highest BCUT2D eigenvalue weighted by Crippen LogP contribution is 2.21. The number of quaternary nitrogens is 2. The number of aliphatic hydroxyl groups excluding tert-OH is 2. The van der Waals surface area contributed by atoms with E-state index >= 15 is 0 Å². The summed E-state index contributed by atoms with van der Waals surface area (Å²) < 4.78 is 1.49. The maximum atomic E-state index is 10.7. The van der Waals surface area contributed by atoms with Crippen LogP contribution in [-0.4, -0.2) is 149 Å². The van der Waals surface area contributed by atoms with Crippen molar-refractivity contribution in [2.45, 2.75) is 19.1 Å². The molecule has 0 aromatic heterocycles. The highest BCUT2D eigenvalue weighted by Gasteiger charge is 2.24. The predicted molar refractivity (Wildman–Crippen MR) is 138 cm³/mol. The average Bonchev–Trinajstić information content (AvgIpc) is 2.73. The van der Waals surface area contributed by atoms with Crippen molar-refractivity contribution >= 4 is 11.4 Å². The largest absolute Gasteiger partial charge is 0.399 e. The van der Waals surface area contributed by atoms with E-state index in [1.165, 1.54) is 5.69 Å². The van der Waals surface area contributed by atoms with Gasteiger partial charge in [0.25, 0.3) is 0 Å². The minimum Gasteiger partial charge on any atom is -0.399 e. The molecule has 0 radical (unpaired) electrons. The molecule has 0 aliphatic carbocycles. The SMILES string of the molecule is Cc1cc(N2CCN(CC(O)C[N+](C)(C)C)CCN(CC(O)C[N+](C)(C)C)CC2)ccc1N. The number of anilines is 2. The lowest BCUT2D eigenvalue weighted by molar-refractivity contribution is -0.873. The normalized spacial score (nSPS) is 19.6. The van der Waals surface area contributed by atoms with Crippen LogP contribution in [-0.2, 0) is 0 Å². The van der Waals surface area contributed by atoms with Crippen LogP contribution in [0.2, 0.25) is 0 Å². The van der Waals surface area contributed by atoms with Gasteiger partial charge in [0.1, 0.15) is 25.3 Å². The molecule has 1 aromatic carbocycles. The predicted octanol–water partition coefficient (Wildman–Crippen LogP) is 0.135. The minimum absolute atomic E-state index is 0.366. The lowest BCUT2D eigenvalue weighted by atomic mass is 10.1. The smallest absolute Gasteiger partial charge is 0.115 e. The Balaban J connectivity index is 2.14. The van der Waals surface area contributed by atoms with Gasteiger partial charge in [0.2, 0.25) is 0 Å². The Morgan fingerprint density at radius 3 is 1.61 bits per heavy atom. The van der Waals surface area contributed by atoms with Crippen molar-refractivity contribution in [2.75, 3.05) is 118 Å². The number of hydrogen-bond acceptors (Lipinski definition) is 6. The molecule has 0 saturated carbocycles. The Kier molecular flexibility index (Phi) is 9.96. The van der Waals surface area contributed by atoms with Crippen LogP contribution < -0.4 is 10.6 Å². The van der Waals surface area contributed by atoms with Gasteiger partial charge in [-0.25, -0.2) is 0 Å². The van der Waals surface area contributed by atoms with E-state index in [1.54, 1.807) is 0 Å². The molecule has 4 N–H and O–H groups in total. The second-order valence-corrected chi connectivity index (χ2v) is 11.9. The van der Waals surface area contributed by atoms with Crippen molar-refractivity contribution in [1.29, 1.82) is 0 Å². The maximum absolute atomic E-state index is 10.7. The molecule has 8 nitrogen and oxygen atoms in total. The second kappa shape index (κ2) is 11.8. The third kappa shape index (κ3) is 10.6. The molecule has 0 bridgehead atoms. The summed E-state index contributed by atoms with van der Waals surface area (Å²) >= 11 is 0. The van der Waals surface area contributed by atoms with E-state index < -0.39 is 0 Å². The number of hydrogen-bond donors (Lipinski definition) is 3. The van der Waals surface area contributed by atoms with E-state index in [4.69, 9.17) is 5.73 Å². The fourth-order valence-electron chi connectivity index (χ4n) is 4.60.